The fourth-order valence-corrected chi connectivity index (χ4v) is 4.54. The van der Waals surface area contributed by atoms with E-state index in [1.165, 1.54) is 4.57 Å². The van der Waals surface area contributed by atoms with Gasteiger partial charge in [0.1, 0.15) is 12.1 Å². The molecule has 0 unspecified atom stereocenters. The second-order valence-electron chi connectivity index (χ2n) is 8.14. The van der Waals surface area contributed by atoms with Gasteiger partial charge in [-0.3, -0.25) is 4.57 Å². The standard InChI is InChI=1S/C21H20N8O2/c1-31-19-15(3-2-5-23-19)16-9-24-29-7-4-17(25-18(16)29)27-10-21(11-27)12-28(13-21)20(30)26-8-6-22-14-26/h2-9,14H,10-13H2,1H3. The lowest BCUT2D eigenvalue weighted by atomic mass is 9.73. The van der Waals surface area contributed by atoms with Crippen molar-refractivity contribution in [1.82, 2.24) is 34.0 Å². The number of nitrogens with zero attached hydrogens (tertiary/aromatic N) is 8. The Kier molecular flexibility index (Phi) is 3.76. The smallest absolute Gasteiger partial charge is 0.329 e. The summed E-state index contributed by atoms with van der Waals surface area (Å²) in [6.45, 7) is 3.27. The van der Waals surface area contributed by atoms with Gasteiger partial charge in [-0.1, -0.05) is 0 Å². The molecule has 6 heterocycles. The second-order valence-corrected chi connectivity index (χ2v) is 8.14. The molecule has 31 heavy (non-hydrogen) atoms. The molecule has 2 saturated heterocycles. The second kappa shape index (κ2) is 6.53. The fourth-order valence-electron chi connectivity index (χ4n) is 4.54. The van der Waals surface area contributed by atoms with Crippen molar-refractivity contribution in [1.29, 1.82) is 0 Å². The van der Waals surface area contributed by atoms with E-state index in [1.54, 1.807) is 42.7 Å². The van der Waals surface area contributed by atoms with Gasteiger partial charge < -0.3 is 14.5 Å². The number of methoxy groups -OCH3 is 1. The highest BCUT2D eigenvalue weighted by Gasteiger charge is 2.53. The van der Waals surface area contributed by atoms with Crippen molar-refractivity contribution in [2.75, 3.05) is 38.2 Å². The molecule has 0 atom stereocenters. The number of imidazole rings is 1. The highest BCUT2D eigenvalue weighted by Crippen LogP contribution is 2.42. The molecule has 0 saturated carbocycles. The Balaban J connectivity index is 1.20. The number of ether oxygens (including phenoxy) is 1. The Morgan fingerprint density at radius 2 is 1.97 bits per heavy atom. The van der Waals surface area contributed by atoms with Gasteiger partial charge in [-0.2, -0.15) is 5.10 Å². The van der Waals surface area contributed by atoms with Crippen LogP contribution in [0.3, 0.4) is 0 Å². The normalized spacial score (nSPS) is 16.9. The van der Waals surface area contributed by atoms with Crippen LogP contribution in [0, 0.1) is 5.41 Å². The van der Waals surface area contributed by atoms with E-state index >= 15 is 0 Å². The van der Waals surface area contributed by atoms with Crippen molar-refractivity contribution in [3.05, 3.63) is 55.5 Å². The summed E-state index contributed by atoms with van der Waals surface area (Å²) in [5, 5.41) is 4.43. The molecule has 10 heteroatoms. The molecule has 2 aliphatic heterocycles. The average Bonchev–Trinajstić information content (AvgIpc) is 3.41. The summed E-state index contributed by atoms with van der Waals surface area (Å²) in [5.74, 6) is 1.45. The SMILES string of the molecule is COc1ncccc1-c1cnn2ccc(N3CC4(CN(C(=O)n5ccnc5)C4)C3)nc12. The molecule has 2 fully saturated rings. The van der Waals surface area contributed by atoms with Crippen molar-refractivity contribution in [3.63, 3.8) is 0 Å². The minimum atomic E-state index is -0.0181. The van der Waals surface area contributed by atoms with E-state index in [4.69, 9.17) is 9.72 Å². The maximum atomic E-state index is 12.4. The van der Waals surface area contributed by atoms with Crippen molar-refractivity contribution in [2.45, 2.75) is 0 Å². The first kappa shape index (κ1) is 17.9. The third kappa shape index (κ3) is 2.75. The Morgan fingerprint density at radius 3 is 2.74 bits per heavy atom. The van der Waals surface area contributed by atoms with Crippen molar-refractivity contribution >= 4 is 17.5 Å². The van der Waals surface area contributed by atoms with Gasteiger partial charge in [0.05, 0.1) is 18.9 Å². The van der Waals surface area contributed by atoms with Gasteiger partial charge in [-0.15, -0.1) is 0 Å². The lowest BCUT2D eigenvalue weighted by molar-refractivity contribution is 0.00779. The summed E-state index contributed by atoms with van der Waals surface area (Å²) in [4.78, 5) is 29.6. The summed E-state index contributed by atoms with van der Waals surface area (Å²) in [5.41, 5.74) is 2.65. The van der Waals surface area contributed by atoms with Gasteiger partial charge in [0.25, 0.3) is 0 Å². The Morgan fingerprint density at radius 1 is 1.10 bits per heavy atom. The number of anilines is 1. The predicted octanol–water partition coefficient (Wildman–Crippen LogP) is 1.79. The zero-order chi connectivity index (χ0) is 21.0. The zero-order valence-electron chi connectivity index (χ0n) is 16.9. The molecule has 0 N–H and O–H groups in total. The highest BCUT2D eigenvalue weighted by atomic mass is 16.5. The Bertz CT molecular complexity index is 1270. The summed E-state index contributed by atoms with van der Waals surface area (Å²) in [6.07, 6.45) is 10.2. The van der Waals surface area contributed by atoms with Crippen LogP contribution in [0.25, 0.3) is 16.8 Å². The maximum absolute atomic E-state index is 12.4. The minimum absolute atomic E-state index is 0.0181. The van der Waals surface area contributed by atoms with E-state index in [0.717, 1.165) is 48.8 Å². The van der Waals surface area contributed by atoms with Crippen LogP contribution in [0.1, 0.15) is 0 Å². The van der Waals surface area contributed by atoms with E-state index in [-0.39, 0.29) is 11.4 Å². The third-order valence-electron chi connectivity index (χ3n) is 6.03. The first-order valence-corrected chi connectivity index (χ1v) is 10.0. The Hall–Kier alpha value is -3.95. The van der Waals surface area contributed by atoms with Gasteiger partial charge in [0.2, 0.25) is 5.88 Å². The zero-order valence-corrected chi connectivity index (χ0v) is 16.9. The highest BCUT2D eigenvalue weighted by molar-refractivity contribution is 5.81. The first-order valence-electron chi connectivity index (χ1n) is 10.0. The predicted molar refractivity (Wildman–Crippen MR) is 112 cm³/mol. The van der Waals surface area contributed by atoms with Crippen LogP contribution in [-0.4, -0.2) is 73.4 Å². The lowest BCUT2D eigenvalue weighted by Gasteiger charge is -2.60. The molecule has 10 nitrogen and oxygen atoms in total. The Labute approximate surface area is 177 Å². The summed E-state index contributed by atoms with van der Waals surface area (Å²) >= 11 is 0. The molecule has 156 valence electrons. The van der Waals surface area contributed by atoms with E-state index < -0.39 is 0 Å². The largest absolute Gasteiger partial charge is 0.481 e. The van der Waals surface area contributed by atoms with Gasteiger partial charge in [-0.25, -0.2) is 24.3 Å². The topological polar surface area (TPSA) is 93.7 Å². The summed E-state index contributed by atoms with van der Waals surface area (Å²) < 4.78 is 8.69. The monoisotopic (exact) mass is 416 g/mol. The molecule has 6 rings (SSSR count). The molecule has 2 aliphatic rings. The van der Waals surface area contributed by atoms with E-state index in [1.807, 2.05) is 29.3 Å². The van der Waals surface area contributed by atoms with Gasteiger partial charge >= 0.3 is 6.03 Å². The maximum Gasteiger partial charge on any atom is 0.329 e. The molecule has 0 aliphatic carbocycles. The fraction of sp³-hybridized carbons (Fsp3) is 0.286. The van der Waals surface area contributed by atoms with Crippen LogP contribution in [0.2, 0.25) is 0 Å². The number of amides is 1. The summed E-state index contributed by atoms with van der Waals surface area (Å²) in [6, 6.07) is 5.79. The number of likely N-dealkylation sites (tertiary alicyclic amines) is 1. The minimum Gasteiger partial charge on any atom is -0.481 e. The molecule has 4 aromatic rings. The number of carbonyl (C=O) groups is 1. The summed E-state index contributed by atoms with van der Waals surface area (Å²) in [7, 11) is 1.61. The van der Waals surface area contributed by atoms with Crippen LogP contribution in [0.15, 0.2) is 55.5 Å². The number of carbonyl (C=O) groups excluding carboxylic acids is 1. The van der Waals surface area contributed by atoms with Crippen molar-refractivity contribution in [3.8, 4) is 17.0 Å². The van der Waals surface area contributed by atoms with Crippen LogP contribution in [-0.2, 0) is 0 Å². The van der Waals surface area contributed by atoms with Crippen LogP contribution in [0.4, 0.5) is 10.6 Å². The number of hydrogen-bond donors (Lipinski definition) is 0. The number of fused-ring (bicyclic) bond motifs is 1. The number of aromatic nitrogens is 6. The average molecular weight is 416 g/mol. The van der Waals surface area contributed by atoms with Crippen LogP contribution >= 0.6 is 0 Å². The van der Waals surface area contributed by atoms with E-state index in [2.05, 4.69) is 20.0 Å². The number of rotatable bonds is 3. The molecular formula is C21H20N8O2. The quantitative estimate of drug-likeness (QED) is 0.503. The van der Waals surface area contributed by atoms with Gasteiger partial charge in [-0.05, 0) is 18.2 Å². The van der Waals surface area contributed by atoms with Crippen LogP contribution in [0.5, 0.6) is 5.88 Å². The van der Waals surface area contributed by atoms with Crippen molar-refractivity contribution in [2.24, 2.45) is 5.41 Å². The molecular weight excluding hydrogens is 396 g/mol. The molecule has 1 amide bonds. The van der Waals surface area contributed by atoms with Gasteiger partial charge in [0.15, 0.2) is 5.65 Å². The molecule has 0 aromatic carbocycles. The number of pyridine rings is 1. The first-order chi connectivity index (χ1) is 15.2. The van der Waals surface area contributed by atoms with Crippen LogP contribution < -0.4 is 9.64 Å². The van der Waals surface area contributed by atoms with Crippen molar-refractivity contribution < 1.29 is 9.53 Å². The molecule has 4 aromatic heterocycles. The van der Waals surface area contributed by atoms with E-state index in [9.17, 15) is 4.79 Å². The molecule has 1 spiro atoms. The lowest BCUT2D eigenvalue weighted by Crippen LogP contribution is -2.73. The van der Waals surface area contributed by atoms with E-state index in [0.29, 0.717) is 5.88 Å². The van der Waals surface area contributed by atoms with Gasteiger partial charge in [0, 0.05) is 61.9 Å². The molecule has 0 bridgehead atoms. The number of hydrogen-bond acceptors (Lipinski definition) is 7. The third-order valence-corrected chi connectivity index (χ3v) is 6.03. The molecule has 0 radical (unpaired) electrons.